The van der Waals surface area contributed by atoms with Crippen molar-refractivity contribution >= 4 is 93.0 Å². The number of rotatable bonds is 24. The van der Waals surface area contributed by atoms with Gasteiger partial charge in [0.1, 0.15) is 54.4 Å². The molecule has 0 bridgehead atoms. The highest BCUT2D eigenvalue weighted by molar-refractivity contribution is 7.86. The van der Waals surface area contributed by atoms with E-state index in [4.69, 9.17) is 43.0 Å². The van der Waals surface area contributed by atoms with Crippen LogP contribution in [0, 0.1) is 53.8 Å². The first kappa shape index (κ1) is 103. The van der Waals surface area contributed by atoms with Crippen LogP contribution in [-0.2, 0) is 39.9 Å². The Bertz CT molecular complexity index is 5270. The predicted octanol–water partition coefficient (Wildman–Crippen LogP) is 17.1. The van der Waals surface area contributed by atoms with Gasteiger partial charge in [-0.25, -0.2) is 34.6 Å². The molecule has 4 heterocycles. The van der Waals surface area contributed by atoms with Crippen molar-refractivity contribution in [1.29, 1.82) is 5.41 Å². The number of fused-ring (bicyclic) bond motifs is 6. The number of nitrogens with one attached hydrogen (secondary N) is 2. The van der Waals surface area contributed by atoms with Gasteiger partial charge in [-0.2, -0.15) is 0 Å². The predicted molar refractivity (Wildman–Crippen MR) is 474 cm³/mol. The van der Waals surface area contributed by atoms with Gasteiger partial charge in [-0.1, -0.05) is 215 Å². The molecule has 0 aromatic heterocycles. The van der Waals surface area contributed by atoms with Crippen molar-refractivity contribution in [3.8, 4) is 58.6 Å². The number of likely N-dealkylation sites (N-methyl/N-ethyl adjacent to an activating group) is 2. The summed E-state index contributed by atoms with van der Waals surface area (Å²) in [6.45, 7) is 40.2. The van der Waals surface area contributed by atoms with Crippen LogP contribution >= 0.6 is 0 Å². The molecule has 0 atom stereocenters. The number of carboxylic acid groups (broad SMARTS) is 2. The van der Waals surface area contributed by atoms with E-state index in [1.54, 1.807) is 0 Å². The molecule has 0 saturated heterocycles. The lowest BCUT2D eigenvalue weighted by molar-refractivity contribution is -0.302. The number of carbonyl (C=O) groups is 4. The van der Waals surface area contributed by atoms with E-state index < -0.39 is 97.2 Å². The standard InChI is InChI=1S/C34H36N2O4S.C24H17N3O10S2.4C7H16.C6H8O.C2H4O2/c1-8-21-18-33(2,3)35(6)28-16-30-26(14-24(21)28)32(22-12-10-9-11-13-22)27-15-25-23(20-41(37,38)39)19-34(4,5)36(7)29(25)17-31(27)40-30;1-2-9-27-23(28)11-3-4-12(15(10-11)24(29)30)18-13-5-7-16(25)21(38(31,32)33)19(13)37-20-14(18)6-8-17(26)22(20)39(34,35)36;4*1-4-7(5-2)6-3;1-3-4-5-6(2)7;1-2(3)4/h9-19H,8,20H2,1-7H3;1,3-8,10,25H,9,26H2,(H,27,28)(H,29,30)(H,31,32,33)(H,34,35,36);4*7H,4-6H2,1-3H3;1H,4-5H2,2H3;1H3,(H,3,4)/p-3. The lowest BCUT2D eigenvalue weighted by atomic mass is 9.84. The third-order valence-corrected chi connectivity index (χ3v) is 24.6. The molecule has 1 amide bonds. The van der Waals surface area contributed by atoms with E-state index in [0.29, 0.717) is 24.2 Å². The number of hydrogen-bond acceptors (Lipinski definition) is 19. The van der Waals surface area contributed by atoms with E-state index in [2.05, 4.69) is 168 Å². The number of ketones is 1. The number of nitrogens with zero attached hydrogens (tertiary/aromatic N) is 2. The van der Waals surface area contributed by atoms with Crippen LogP contribution in [0.2, 0.25) is 0 Å². The number of allylic oxidation sites excluding steroid dienone is 1. The maximum atomic E-state index is 12.4. The molecule has 10 rings (SSSR count). The van der Waals surface area contributed by atoms with Crippen LogP contribution in [0.15, 0.2) is 123 Å². The second-order valence-electron chi connectivity index (χ2n) is 30.7. The van der Waals surface area contributed by atoms with Gasteiger partial charge in [0.25, 0.3) is 5.91 Å². The lowest BCUT2D eigenvalue weighted by Crippen LogP contribution is -2.47. The summed E-state index contributed by atoms with van der Waals surface area (Å²) in [6, 6.07) is 26.4. The van der Waals surface area contributed by atoms with Crippen molar-refractivity contribution in [2.75, 3.05) is 37.0 Å². The van der Waals surface area contributed by atoms with Crippen LogP contribution < -0.4 is 46.3 Å². The summed E-state index contributed by atoms with van der Waals surface area (Å²) in [5.74, 6) is 5.47. The molecule has 0 fully saturated rings. The number of carboxylic acids is 2. The molecule has 119 heavy (non-hydrogen) atoms. The van der Waals surface area contributed by atoms with Crippen molar-refractivity contribution in [3.05, 3.63) is 159 Å². The Kier molecular flexibility index (Phi) is 41.1. The molecule has 0 spiro atoms. The minimum absolute atomic E-state index is 0.107. The molecule has 0 unspecified atom stereocenters. The van der Waals surface area contributed by atoms with Gasteiger partial charge >= 0.3 is 5.97 Å². The number of carbonyl (C=O) groups excluding carboxylic acids is 3. The second-order valence-corrected chi connectivity index (χ2v) is 34.7. The Morgan fingerprint density at radius 1 is 0.622 bits per heavy atom. The van der Waals surface area contributed by atoms with Crippen LogP contribution in [0.3, 0.4) is 0 Å². The minimum atomic E-state index is -5.41. The van der Waals surface area contributed by atoms with Crippen molar-refractivity contribution in [2.24, 2.45) is 23.7 Å². The molecule has 1 aliphatic carbocycles. The van der Waals surface area contributed by atoms with Crippen molar-refractivity contribution in [1.82, 2.24) is 9.89 Å². The van der Waals surface area contributed by atoms with Gasteiger partial charge in [0, 0.05) is 101 Å². The summed E-state index contributed by atoms with van der Waals surface area (Å²) in [6.07, 6.45) is 32.5. The fourth-order valence-electron chi connectivity index (χ4n) is 14.2. The zero-order chi connectivity index (χ0) is 90.4. The number of nitrogen functional groups attached to an aromatic ring is 1. The van der Waals surface area contributed by atoms with E-state index in [9.17, 15) is 58.4 Å². The molecule has 650 valence electrons. The number of nitrogens with two attached hydrogens (primary N) is 1. The van der Waals surface area contributed by atoms with Crippen molar-refractivity contribution in [2.45, 2.75) is 249 Å². The number of Topliss-reactive ketones (excluding diaryl/α,β-unsaturated/α-hetero) is 1. The topological polar surface area (TPSA) is 374 Å². The average molecular weight is 1690 g/mol. The number of hydrogen-bond donors (Lipinski definition) is 4. The van der Waals surface area contributed by atoms with E-state index in [0.717, 1.165) is 106 Å². The second kappa shape index (κ2) is 47.3. The van der Waals surface area contributed by atoms with E-state index in [1.165, 1.54) is 113 Å². The highest BCUT2D eigenvalue weighted by Gasteiger charge is 2.37. The Balaban J connectivity index is 0.000000426. The number of ether oxygens (including phenoxy) is 1. The highest BCUT2D eigenvalue weighted by Crippen LogP contribution is 2.48. The molecule has 5 aromatic carbocycles. The molecular formula is C94H126N5O17S3-3. The largest absolute Gasteiger partial charge is 0.748 e. The van der Waals surface area contributed by atoms with E-state index in [-0.39, 0.29) is 45.5 Å². The van der Waals surface area contributed by atoms with Crippen LogP contribution in [0.4, 0.5) is 11.4 Å². The molecule has 5 aliphatic rings. The summed E-state index contributed by atoms with van der Waals surface area (Å²) in [5, 5.41) is 30.3. The summed E-state index contributed by atoms with van der Waals surface area (Å²) in [4.78, 5) is 43.5. The fourth-order valence-corrected chi connectivity index (χ4v) is 16.2. The quantitative estimate of drug-likeness (QED) is 0.0143. The van der Waals surface area contributed by atoms with Crippen molar-refractivity contribution < 1.29 is 77.5 Å². The zero-order valence-electron chi connectivity index (χ0n) is 73.6. The smallest absolute Gasteiger partial charge is 0.336 e. The number of benzene rings is 6. The van der Waals surface area contributed by atoms with Gasteiger partial charge in [-0.05, 0) is 135 Å². The Morgan fingerprint density at radius 3 is 1.55 bits per heavy atom. The molecular weight excluding hydrogens is 1570 g/mol. The summed E-state index contributed by atoms with van der Waals surface area (Å²) in [5.41, 5.74) is 10.1. The first-order chi connectivity index (χ1) is 55.7. The lowest BCUT2D eigenvalue weighted by Gasteiger charge is -2.42. The molecule has 5 aromatic rings. The summed E-state index contributed by atoms with van der Waals surface area (Å²) < 4.78 is 123. The third kappa shape index (κ3) is 28.7. The van der Waals surface area contributed by atoms with Gasteiger partial charge in [-0.3, -0.25) is 15.0 Å². The molecule has 5 N–H and O–H groups in total. The van der Waals surface area contributed by atoms with Gasteiger partial charge in [-0.15, -0.1) is 18.8 Å². The Hall–Kier alpha value is -9.73. The van der Waals surface area contributed by atoms with Crippen LogP contribution in [-0.4, -0.2) is 105 Å². The van der Waals surface area contributed by atoms with Gasteiger partial charge in [0.2, 0.25) is 5.36 Å². The first-order valence-corrected chi connectivity index (χ1v) is 45.5. The van der Waals surface area contributed by atoms with Crippen LogP contribution in [0.25, 0.3) is 50.1 Å². The number of anilines is 2. The monoisotopic (exact) mass is 1690 g/mol. The minimum Gasteiger partial charge on any atom is -0.748 e. The van der Waals surface area contributed by atoms with Crippen molar-refractivity contribution in [3.63, 3.8) is 0 Å². The maximum Gasteiger partial charge on any atom is 0.336 e. The number of aliphatic carboxylic acids is 1. The molecule has 0 saturated carbocycles. The first-order valence-electron chi connectivity index (χ1n) is 41.1. The van der Waals surface area contributed by atoms with E-state index >= 15 is 0 Å². The highest BCUT2D eigenvalue weighted by atomic mass is 32.2. The molecule has 22 nitrogen and oxygen atoms in total. The molecule has 0 radical (unpaired) electrons. The zero-order valence-corrected chi connectivity index (χ0v) is 76.0. The third-order valence-electron chi connectivity index (χ3n) is 22.1. The average Bonchev–Trinajstić information content (AvgIpc) is 0.724. The summed E-state index contributed by atoms with van der Waals surface area (Å²) in [7, 11) is -11.2. The number of aromatic carboxylic acids is 1. The van der Waals surface area contributed by atoms with Crippen LogP contribution in [0.5, 0.6) is 11.5 Å². The SMILES string of the molecule is C#CCCC(C)=O.C#CCNC(=O)c1ccc(-c2c3ccc(=N)c(S(=O)(=O)[O-])c-3oc3c(S(=O)(=O)[O-])c(N)ccc23)c(C(=O)O)c1.CC(=O)[O-].CCC(CC)CC.CCC(CC)CC.CCC(CC)CC.CCC(CC)CC.CCC1=CC(C)(C)[N+](C)=c2cc3c(cc21)=C(c1ccccc1)c1cc2c(cc1O3)N(C)C(C)(C)C=C2CS(=O)(=O)[O-]. The van der Waals surface area contributed by atoms with Gasteiger partial charge in [0.15, 0.2) is 16.9 Å². The number of terminal acetylenes is 2. The van der Waals surface area contributed by atoms with Crippen LogP contribution in [0.1, 0.15) is 271 Å². The normalized spacial score (nSPS) is 13.3. The Morgan fingerprint density at radius 2 is 1.13 bits per heavy atom. The fraction of sp³-hybridized carbons (Fsp3) is 0.468. The molecule has 4 aliphatic heterocycles. The summed E-state index contributed by atoms with van der Waals surface area (Å²) >= 11 is 0. The molecule has 25 heteroatoms. The Labute approximate surface area is 708 Å². The van der Waals surface area contributed by atoms with Gasteiger partial charge < -0.3 is 53.8 Å². The maximum absolute atomic E-state index is 12.4. The van der Waals surface area contributed by atoms with Gasteiger partial charge in [0.05, 0.1) is 50.6 Å². The number of amides is 1. The van der Waals surface area contributed by atoms with E-state index in [1.807, 2.05) is 57.3 Å².